The zero-order valence-corrected chi connectivity index (χ0v) is 10.7. The van der Waals surface area contributed by atoms with Crippen molar-refractivity contribution in [2.24, 2.45) is 0 Å². The molecular formula is C7H8F5O4S2-. The van der Waals surface area contributed by atoms with Crippen molar-refractivity contribution in [3.05, 3.63) is 12.2 Å². The van der Waals surface area contributed by atoms with Gasteiger partial charge in [-0.2, -0.15) is 17.6 Å². The molecular weight excluding hydrogens is 307 g/mol. The Morgan fingerprint density at radius 2 is 1.56 bits per heavy atom. The number of rotatable bonds is 5. The van der Waals surface area contributed by atoms with E-state index in [-0.39, 0.29) is 6.26 Å². The minimum absolute atomic E-state index is 0.270. The Labute approximate surface area is 102 Å². The molecule has 0 saturated carbocycles. The van der Waals surface area contributed by atoms with E-state index in [1.54, 1.807) is 0 Å². The largest absolute Gasteiger partial charge is 0.770 e. The lowest BCUT2D eigenvalue weighted by Crippen LogP contribution is -2.61. The van der Waals surface area contributed by atoms with Gasteiger partial charge in [-0.25, -0.2) is 12.8 Å². The number of sulfone groups is 1. The summed E-state index contributed by atoms with van der Waals surface area (Å²) in [4.78, 5) is 0. The molecule has 0 aromatic heterocycles. The highest BCUT2D eigenvalue weighted by molar-refractivity contribution is 7.91. The fraction of sp³-hybridized carbons (Fsp3) is 0.714. The zero-order chi connectivity index (χ0) is 15.2. The molecule has 0 bridgehead atoms. The third-order valence-corrected chi connectivity index (χ3v) is 4.27. The quantitative estimate of drug-likeness (QED) is 0.436. The molecule has 0 saturated heterocycles. The lowest BCUT2D eigenvalue weighted by atomic mass is 10.1. The summed E-state index contributed by atoms with van der Waals surface area (Å²) < 4.78 is 108. The Kier molecular flexibility index (Phi) is 4.39. The van der Waals surface area contributed by atoms with Crippen LogP contribution in [0.4, 0.5) is 22.0 Å². The lowest BCUT2D eigenvalue weighted by Gasteiger charge is -2.38. The standard InChI is InChI=1S/C7H9F5O4S2/c1-4(2)5(8,17(13)14)6(9,10)7(11,12)18(3,15)16/h1H2,2-3H3,(H,13,14)/p-1. The van der Waals surface area contributed by atoms with Crippen molar-refractivity contribution >= 4 is 20.9 Å². The number of halogens is 5. The Morgan fingerprint density at radius 1 is 1.22 bits per heavy atom. The Morgan fingerprint density at radius 3 is 1.72 bits per heavy atom. The second-order valence-electron chi connectivity index (χ2n) is 3.47. The van der Waals surface area contributed by atoms with E-state index in [1.165, 1.54) is 0 Å². The summed E-state index contributed by atoms with van der Waals surface area (Å²) in [6, 6.07) is 0. The highest BCUT2D eigenvalue weighted by Crippen LogP contribution is 2.51. The van der Waals surface area contributed by atoms with Gasteiger partial charge in [0.05, 0.1) is 0 Å². The smallest absolute Gasteiger partial charge is 0.411 e. The van der Waals surface area contributed by atoms with E-state index in [4.69, 9.17) is 0 Å². The van der Waals surface area contributed by atoms with Crippen molar-refractivity contribution in [3.63, 3.8) is 0 Å². The molecule has 11 heteroatoms. The van der Waals surface area contributed by atoms with Crippen LogP contribution in [0.15, 0.2) is 12.2 Å². The van der Waals surface area contributed by atoms with Crippen LogP contribution in [0.25, 0.3) is 0 Å². The summed E-state index contributed by atoms with van der Waals surface area (Å²) in [5.74, 6) is -6.02. The zero-order valence-electron chi connectivity index (χ0n) is 9.05. The average molecular weight is 315 g/mol. The summed E-state index contributed by atoms with van der Waals surface area (Å²) in [6.45, 7) is 2.95. The van der Waals surface area contributed by atoms with Crippen molar-refractivity contribution in [3.8, 4) is 0 Å². The second kappa shape index (κ2) is 4.53. The Bertz CT molecular complexity index is 470. The van der Waals surface area contributed by atoms with E-state index in [0.29, 0.717) is 6.92 Å². The van der Waals surface area contributed by atoms with Gasteiger partial charge < -0.3 is 4.55 Å². The lowest BCUT2D eigenvalue weighted by molar-refractivity contribution is -0.198. The van der Waals surface area contributed by atoms with E-state index in [0.717, 1.165) is 0 Å². The van der Waals surface area contributed by atoms with Crippen molar-refractivity contribution in [1.29, 1.82) is 0 Å². The monoisotopic (exact) mass is 315 g/mol. The van der Waals surface area contributed by atoms with Gasteiger partial charge in [-0.1, -0.05) is 6.58 Å². The summed E-state index contributed by atoms with van der Waals surface area (Å²) in [6.07, 6.45) is -0.270. The third-order valence-electron chi connectivity index (χ3n) is 2.01. The molecule has 0 aliphatic carbocycles. The van der Waals surface area contributed by atoms with Gasteiger partial charge >= 0.3 is 11.2 Å². The minimum atomic E-state index is -6.02. The summed E-state index contributed by atoms with van der Waals surface area (Å²) in [5.41, 5.74) is -1.47. The molecule has 0 aromatic carbocycles. The molecule has 0 aliphatic rings. The number of alkyl halides is 5. The van der Waals surface area contributed by atoms with Crippen molar-refractivity contribution in [2.75, 3.05) is 6.26 Å². The second-order valence-corrected chi connectivity index (χ2v) is 6.56. The highest BCUT2D eigenvalue weighted by atomic mass is 32.2. The van der Waals surface area contributed by atoms with Crippen LogP contribution in [-0.2, 0) is 20.9 Å². The molecule has 0 amide bonds. The average Bonchev–Trinajstić information content (AvgIpc) is 2.13. The molecule has 18 heavy (non-hydrogen) atoms. The minimum Gasteiger partial charge on any atom is -0.770 e. The fourth-order valence-corrected chi connectivity index (χ4v) is 2.23. The maximum absolute atomic E-state index is 13.6. The van der Waals surface area contributed by atoms with Crippen LogP contribution in [0.3, 0.4) is 0 Å². The van der Waals surface area contributed by atoms with Crippen LogP contribution in [0.2, 0.25) is 0 Å². The highest BCUT2D eigenvalue weighted by Gasteiger charge is 2.75. The van der Waals surface area contributed by atoms with E-state index in [9.17, 15) is 39.1 Å². The topological polar surface area (TPSA) is 74.3 Å². The first-order valence-electron chi connectivity index (χ1n) is 4.03. The first-order valence-corrected chi connectivity index (χ1v) is 7.00. The van der Waals surface area contributed by atoms with E-state index < -0.39 is 42.7 Å². The van der Waals surface area contributed by atoms with Crippen LogP contribution in [0, 0.1) is 0 Å². The van der Waals surface area contributed by atoms with Crippen LogP contribution in [0.1, 0.15) is 6.92 Å². The van der Waals surface area contributed by atoms with Gasteiger partial charge in [-0.3, -0.25) is 4.21 Å². The molecule has 0 spiro atoms. The molecule has 0 fully saturated rings. The molecule has 108 valence electrons. The van der Waals surface area contributed by atoms with Gasteiger partial charge in [0.1, 0.15) is 0 Å². The van der Waals surface area contributed by atoms with E-state index >= 15 is 0 Å². The predicted octanol–water partition coefficient (Wildman–Crippen LogP) is 1.38. The molecule has 0 radical (unpaired) electrons. The molecule has 0 aromatic rings. The summed E-state index contributed by atoms with van der Waals surface area (Å²) in [7, 11) is -5.75. The van der Waals surface area contributed by atoms with E-state index in [2.05, 4.69) is 6.58 Å². The van der Waals surface area contributed by atoms with E-state index in [1.807, 2.05) is 0 Å². The van der Waals surface area contributed by atoms with Crippen molar-refractivity contribution < 1.29 is 39.1 Å². The molecule has 0 heterocycles. The van der Waals surface area contributed by atoms with Crippen LogP contribution in [-0.4, -0.2) is 39.6 Å². The van der Waals surface area contributed by atoms with Gasteiger partial charge in [0.2, 0.25) is 9.84 Å². The first kappa shape index (κ1) is 17.4. The van der Waals surface area contributed by atoms with Gasteiger partial charge in [0.25, 0.3) is 5.00 Å². The van der Waals surface area contributed by atoms with Crippen LogP contribution >= 0.6 is 0 Å². The number of hydrogen-bond donors (Lipinski definition) is 0. The molecule has 4 nitrogen and oxygen atoms in total. The normalized spacial score (nSPS) is 19.1. The number of hydrogen-bond acceptors (Lipinski definition) is 4. The SMILES string of the molecule is C=C(C)C(F)(S(=O)[O-])C(F)(F)C(F)(F)S(C)(=O)=O. The van der Waals surface area contributed by atoms with Crippen molar-refractivity contribution in [1.82, 2.24) is 0 Å². The molecule has 2 unspecified atom stereocenters. The van der Waals surface area contributed by atoms with Crippen LogP contribution < -0.4 is 0 Å². The summed E-state index contributed by atoms with van der Waals surface area (Å²) >= 11 is -4.36. The Balaban J connectivity index is 6.23. The van der Waals surface area contributed by atoms with Gasteiger partial charge in [0.15, 0.2) is 0 Å². The van der Waals surface area contributed by atoms with Gasteiger partial charge in [-0.05, 0) is 23.6 Å². The predicted molar refractivity (Wildman–Crippen MR) is 52.3 cm³/mol. The van der Waals surface area contributed by atoms with Gasteiger partial charge in [-0.15, -0.1) is 0 Å². The van der Waals surface area contributed by atoms with Gasteiger partial charge in [0, 0.05) is 6.26 Å². The third kappa shape index (κ3) is 2.18. The van der Waals surface area contributed by atoms with Crippen molar-refractivity contribution in [2.45, 2.75) is 23.1 Å². The molecule has 2 atom stereocenters. The molecule has 0 aliphatic heterocycles. The van der Waals surface area contributed by atoms with Crippen LogP contribution in [0.5, 0.6) is 0 Å². The summed E-state index contributed by atoms with van der Waals surface area (Å²) in [5, 5.41) is -10.8. The first-order chi connectivity index (χ1) is 7.64. The molecule has 0 N–H and O–H groups in total. The maximum Gasteiger partial charge on any atom is 0.411 e. The Hall–Kier alpha value is -0.550. The fourth-order valence-electron chi connectivity index (χ4n) is 0.935. The molecule has 0 rings (SSSR count). The maximum atomic E-state index is 13.6.